The third-order valence-electron chi connectivity index (χ3n) is 3.57. The normalized spacial score (nSPS) is 37.9. The van der Waals surface area contributed by atoms with Crippen molar-refractivity contribution < 1.29 is 0 Å². The van der Waals surface area contributed by atoms with Crippen LogP contribution in [0, 0.1) is 5.92 Å². The van der Waals surface area contributed by atoms with Crippen molar-refractivity contribution >= 4 is 0 Å². The molecule has 1 aliphatic heterocycles. The first-order valence-electron chi connectivity index (χ1n) is 5.14. The molecule has 1 aliphatic carbocycles. The fraction of sp³-hybridized carbons (Fsp3) is 0.818. The number of fused-ring (bicyclic) bond motifs is 1. The molecule has 2 aliphatic rings. The van der Waals surface area contributed by atoms with Crippen LogP contribution in [0.25, 0.3) is 0 Å². The molecular formula is C11H19N. The standard InChI is InChI=1S/C11H19N/c1-9-4-3-5-10-6-7-12(2)11(10)8-9/h10-11H,1,3-8H2,2H3. The van der Waals surface area contributed by atoms with Crippen molar-refractivity contribution in [3.8, 4) is 0 Å². The van der Waals surface area contributed by atoms with Crippen LogP contribution in [0.4, 0.5) is 0 Å². The van der Waals surface area contributed by atoms with E-state index in [1.165, 1.54) is 44.2 Å². The molecule has 2 unspecified atom stereocenters. The molecule has 68 valence electrons. The van der Waals surface area contributed by atoms with Crippen molar-refractivity contribution in [2.45, 2.75) is 38.1 Å². The quantitative estimate of drug-likeness (QED) is 0.498. The molecule has 1 nitrogen and oxygen atoms in total. The summed E-state index contributed by atoms with van der Waals surface area (Å²) >= 11 is 0. The second kappa shape index (κ2) is 3.21. The van der Waals surface area contributed by atoms with Crippen LogP contribution in [0.5, 0.6) is 0 Å². The van der Waals surface area contributed by atoms with Gasteiger partial charge in [-0.3, -0.25) is 0 Å². The minimum Gasteiger partial charge on any atom is -0.303 e. The van der Waals surface area contributed by atoms with Crippen LogP contribution in [0.3, 0.4) is 0 Å². The number of nitrogens with zero attached hydrogens (tertiary/aromatic N) is 1. The van der Waals surface area contributed by atoms with E-state index in [9.17, 15) is 0 Å². The Bertz CT molecular complexity index is 185. The second-order valence-electron chi connectivity index (χ2n) is 4.44. The van der Waals surface area contributed by atoms with E-state index in [1.807, 2.05) is 0 Å². The molecule has 1 saturated carbocycles. The van der Waals surface area contributed by atoms with Crippen LogP contribution in [0.2, 0.25) is 0 Å². The summed E-state index contributed by atoms with van der Waals surface area (Å²) in [4.78, 5) is 2.53. The van der Waals surface area contributed by atoms with Crippen LogP contribution < -0.4 is 0 Å². The SMILES string of the molecule is C=C1CCCC2CCN(C)C2C1. The fourth-order valence-electron chi connectivity index (χ4n) is 2.76. The van der Waals surface area contributed by atoms with Crippen LogP contribution in [-0.4, -0.2) is 24.5 Å². The molecule has 0 aromatic carbocycles. The lowest BCUT2D eigenvalue weighted by Crippen LogP contribution is -2.28. The maximum Gasteiger partial charge on any atom is 0.0158 e. The van der Waals surface area contributed by atoms with Crippen molar-refractivity contribution in [2.75, 3.05) is 13.6 Å². The molecule has 2 rings (SSSR count). The Labute approximate surface area is 75.4 Å². The van der Waals surface area contributed by atoms with E-state index in [0.29, 0.717) is 0 Å². The summed E-state index contributed by atoms with van der Waals surface area (Å²) in [6.45, 7) is 5.45. The third kappa shape index (κ3) is 1.42. The Morgan fingerprint density at radius 3 is 3.08 bits per heavy atom. The summed E-state index contributed by atoms with van der Waals surface area (Å²) in [7, 11) is 2.27. The monoisotopic (exact) mass is 165 g/mol. The summed E-state index contributed by atoms with van der Waals surface area (Å²) in [5.74, 6) is 0.981. The van der Waals surface area contributed by atoms with Crippen molar-refractivity contribution in [1.29, 1.82) is 0 Å². The molecule has 0 aromatic heterocycles. The zero-order valence-electron chi connectivity index (χ0n) is 8.05. The van der Waals surface area contributed by atoms with Crippen LogP contribution in [0.1, 0.15) is 32.1 Å². The summed E-state index contributed by atoms with van der Waals surface area (Å²) in [6.07, 6.45) is 6.79. The predicted molar refractivity (Wildman–Crippen MR) is 52.1 cm³/mol. The van der Waals surface area contributed by atoms with Gasteiger partial charge >= 0.3 is 0 Å². The number of hydrogen-bond acceptors (Lipinski definition) is 1. The van der Waals surface area contributed by atoms with Crippen LogP contribution in [-0.2, 0) is 0 Å². The zero-order valence-corrected chi connectivity index (χ0v) is 8.05. The minimum absolute atomic E-state index is 0.833. The van der Waals surface area contributed by atoms with Gasteiger partial charge in [0.1, 0.15) is 0 Å². The molecule has 1 heterocycles. The van der Waals surface area contributed by atoms with E-state index in [1.54, 1.807) is 0 Å². The molecule has 2 fully saturated rings. The summed E-state index contributed by atoms with van der Waals surface area (Å²) in [6, 6.07) is 0.833. The first-order valence-corrected chi connectivity index (χ1v) is 5.14. The minimum atomic E-state index is 0.833. The Morgan fingerprint density at radius 1 is 1.42 bits per heavy atom. The van der Waals surface area contributed by atoms with E-state index < -0.39 is 0 Å². The first-order chi connectivity index (χ1) is 5.77. The Balaban J connectivity index is 2.08. The third-order valence-corrected chi connectivity index (χ3v) is 3.57. The van der Waals surface area contributed by atoms with Gasteiger partial charge in [-0.2, -0.15) is 0 Å². The molecular weight excluding hydrogens is 146 g/mol. The summed E-state index contributed by atoms with van der Waals surface area (Å²) < 4.78 is 0. The summed E-state index contributed by atoms with van der Waals surface area (Å²) in [5, 5.41) is 0. The maximum absolute atomic E-state index is 4.14. The van der Waals surface area contributed by atoms with Gasteiger partial charge in [0.25, 0.3) is 0 Å². The molecule has 0 bridgehead atoms. The highest BCUT2D eigenvalue weighted by molar-refractivity contribution is 5.03. The van der Waals surface area contributed by atoms with Gasteiger partial charge in [-0.15, -0.1) is 0 Å². The summed E-state index contributed by atoms with van der Waals surface area (Å²) in [5.41, 5.74) is 1.48. The van der Waals surface area contributed by atoms with E-state index >= 15 is 0 Å². The van der Waals surface area contributed by atoms with Crippen LogP contribution >= 0.6 is 0 Å². The average molecular weight is 165 g/mol. The van der Waals surface area contributed by atoms with Gasteiger partial charge in [0, 0.05) is 6.04 Å². The van der Waals surface area contributed by atoms with Gasteiger partial charge in [0.15, 0.2) is 0 Å². The average Bonchev–Trinajstić information content (AvgIpc) is 2.31. The van der Waals surface area contributed by atoms with Gasteiger partial charge in [-0.1, -0.05) is 12.2 Å². The van der Waals surface area contributed by atoms with Gasteiger partial charge in [0.2, 0.25) is 0 Å². The lowest BCUT2D eigenvalue weighted by molar-refractivity contribution is 0.270. The lowest BCUT2D eigenvalue weighted by atomic mass is 9.95. The number of rotatable bonds is 0. The van der Waals surface area contributed by atoms with Gasteiger partial charge in [-0.05, 0) is 51.6 Å². The molecule has 0 amide bonds. The maximum atomic E-state index is 4.14. The Morgan fingerprint density at radius 2 is 2.25 bits per heavy atom. The molecule has 1 heteroatoms. The highest BCUT2D eigenvalue weighted by Gasteiger charge is 2.32. The molecule has 0 radical (unpaired) electrons. The fourth-order valence-corrected chi connectivity index (χ4v) is 2.76. The molecule has 1 saturated heterocycles. The molecule has 0 N–H and O–H groups in total. The molecule has 0 spiro atoms. The Kier molecular flexibility index (Phi) is 2.22. The molecule has 0 aromatic rings. The van der Waals surface area contributed by atoms with E-state index in [-0.39, 0.29) is 0 Å². The topological polar surface area (TPSA) is 3.24 Å². The van der Waals surface area contributed by atoms with Gasteiger partial charge in [-0.25, -0.2) is 0 Å². The van der Waals surface area contributed by atoms with Gasteiger partial charge < -0.3 is 4.90 Å². The molecule has 2 atom stereocenters. The second-order valence-corrected chi connectivity index (χ2v) is 4.44. The molecule has 12 heavy (non-hydrogen) atoms. The van der Waals surface area contributed by atoms with Crippen molar-refractivity contribution in [2.24, 2.45) is 5.92 Å². The Hall–Kier alpha value is -0.300. The highest BCUT2D eigenvalue weighted by atomic mass is 15.2. The van der Waals surface area contributed by atoms with Crippen molar-refractivity contribution in [3.63, 3.8) is 0 Å². The smallest absolute Gasteiger partial charge is 0.0158 e. The van der Waals surface area contributed by atoms with Crippen molar-refractivity contribution in [1.82, 2.24) is 4.90 Å². The van der Waals surface area contributed by atoms with E-state index in [0.717, 1.165) is 12.0 Å². The predicted octanol–water partition coefficient (Wildman–Crippen LogP) is 2.44. The van der Waals surface area contributed by atoms with Crippen LogP contribution in [0.15, 0.2) is 12.2 Å². The highest BCUT2D eigenvalue weighted by Crippen LogP contribution is 2.35. The number of hydrogen-bond donors (Lipinski definition) is 0. The zero-order chi connectivity index (χ0) is 8.55. The van der Waals surface area contributed by atoms with Gasteiger partial charge in [0.05, 0.1) is 0 Å². The van der Waals surface area contributed by atoms with E-state index in [4.69, 9.17) is 0 Å². The van der Waals surface area contributed by atoms with E-state index in [2.05, 4.69) is 18.5 Å². The van der Waals surface area contributed by atoms with Crippen molar-refractivity contribution in [3.05, 3.63) is 12.2 Å². The largest absolute Gasteiger partial charge is 0.303 e. The first kappa shape index (κ1) is 8.31. The number of likely N-dealkylation sites (tertiary alicyclic amines) is 1. The lowest BCUT2D eigenvalue weighted by Gasteiger charge is -2.22.